The van der Waals surface area contributed by atoms with Crippen LogP contribution in [0.25, 0.3) is 0 Å². The van der Waals surface area contributed by atoms with E-state index in [4.69, 9.17) is 19.2 Å². The van der Waals surface area contributed by atoms with Gasteiger partial charge < -0.3 is 50.0 Å². The second-order valence-electron chi connectivity index (χ2n) is 18.1. The molecule has 2 unspecified atom stereocenters. The lowest BCUT2D eigenvalue weighted by atomic mass is 9.85. The summed E-state index contributed by atoms with van der Waals surface area (Å²) in [7, 11) is 0. The summed E-state index contributed by atoms with van der Waals surface area (Å²) in [6.45, 7) is 7.30. The minimum Gasteiger partial charge on any atom is -0.464 e. The zero-order chi connectivity index (χ0) is 47.7. The van der Waals surface area contributed by atoms with Crippen LogP contribution in [-0.4, -0.2) is 135 Å². The Kier molecular flexibility index (Phi) is 19.3. The van der Waals surface area contributed by atoms with E-state index in [9.17, 15) is 34.5 Å². The number of nitrogens with zero attached hydrogens (tertiary/aromatic N) is 4. The Morgan fingerprint density at radius 2 is 1.13 bits per heavy atom. The molecule has 16 heteroatoms. The van der Waals surface area contributed by atoms with Crippen molar-refractivity contribution in [2.45, 2.75) is 147 Å². The molecule has 2 aromatic heterocycles. The second kappa shape index (κ2) is 25.3. The Bertz CT molecular complexity index is 2070. The van der Waals surface area contributed by atoms with Crippen LogP contribution >= 0.6 is 0 Å². The Labute approximate surface area is 395 Å². The minimum atomic E-state index is -1.58. The number of rotatable bonds is 19. The van der Waals surface area contributed by atoms with E-state index >= 15 is 0 Å². The Morgan fingerprint density at radius 3 is 1.63 bits per heavy atom. The molecule has 2 atom stereocenters. The number of carbonyl (C=O) groups excluding carboxylic acids is 4. The Morgan fingerprint density at radius 1 is 0.657 bits per heavy atom. The predicted octanol–water partition coefficient (Wildman–Crippen LogP) is 5.08. The topological polar surface area (TPSA) is 213 Å². The summed E-state index contributed by atoms with van der Waals surface area (Å²) in [6.07, 6.45) is 8.57. The molecule has 2 amide bonds. The van der Waals surface area contributed by atoms with Crippen molar-refractivity contribution in [2.24, 2.45) is 0 Å². The standard InChI is InChI=1S/C29H39N3O5.C22H33N3O5/c1-2-36-28(34)26(37-21-22-9-4-3-5-10-22)29(35)16-19-32(20-17-29)25(33)13-7-6-12-24-15-14-23-11-8-18-30-27(23)31-24;1-2-30-21(28)19(27)22(29)11-14-25(15-12-22)18(26)8-4-3-7-17-10-9-16-6-5-13-23-20(16)24-17/h3-5,9-10,14-15,26,35H,2,6-8,11-13,16-21H2,1H3,(H,30,31);9-10,19,27,29H,2-8,11-15H2,1H3,(H,23,24). The lowest BCUT2D eigenvalue weighted by Gasteiger charge is -2.41. The van der Waals surface area contributed by atoms with Crippen molar-refractivity contribution in [3.63, 3.8) is 0 Å². The number of anilines is 2. The summed E-state index contributed by atoms with van der Waals surface area (Å²) in [5.74, 6) is 0.760. The number of aryl methyl sites for hydroxylation is 4. The smallest absolute Gasteiger partial charge is 0.338 e. The molecule has 0 aliphatic carbocycles. The van der Waals surface area contributed by atoms with E-state index in [-0.39, 0.29) is 57.3 Å². The van der Waals surface area contributed by atoms with Gasteiger partial charge in [0.1, 0.15) is 22.8 Å². The van der Waals surface area contributed by atoms with Gasteiger partial charge in [0.2, 0.25) is 11.8 Å². The van der Waals surface area contributed by atoms with Crippen LogP contribution in [-0.2, 0) is 65.7 Å². The third-order valence-corrected chi connectivity index (χ3v) is 13.3. The number of unbranched alkanes of at least 4 members (excludes halogenated alkanes) is 2. The molecule has 2 saturated heterocycles. The van der Waals surface area contributed by atoms with Crippen molar-refractivity contribution in [3.8, 4) is 0 Å². The fraction of sp³-hybridized carbons (Fsp3) is 0.608. The predicted molar refractivity (Wildman–Crippen MR) is 253 cm³/mol. The monoisotopic (exact) mass is 929 g/mol. The summed E-state index contributed by atoms with van der Waals surface area (Å²) in [5.41, 5.74) is 2.67. The third kappa shape index (κ3) is 14.7. The molecule has 1 aromatic carbocycles. The zero-order valence-corrected chi connectivity index (χ0v) is 39.5. The number of carbonyl (C=O) groups is 4. The number of nitrogens with one attached hydrogen (secondary N) is 2. The number of likely N-dealkylation sites (tertiary alicyclic amines) is 2. The zero-order valence-electron chi connectivity index (χ0n) is 39.5. The highest BCUT2D eigenvalue weighted by Gasteiger charge is 2.47. The van der Waals surface area contributed by atoms with E-state index in [1.807, 2.05) is 30.3 Å². The van der Waals surface area contributed by atoms with Crippen molar-refractivity contribution in [2.75, 3.05) is 63.1 Å². The summed E-state index contributed by atoms with van der Waals surface area (Å²) in [6, 6.07) is 18.0. The summed E-state index contributed by atoms with van der Waals surface area (Å²) in [5, 5.41) is 38.7. The first-order chi connectivity index (χ1) is 32.4. The van der Waals surface area contributed by atoms with Gasteiger partial charge in [0.25, 0.3) is 0 Å². The van der Waals surface area contributed by atoms with Gasteiger partial charge in [-0.2, -0.15) is 0 Å². The van der Waals surface area contributed by atoms with E-state index in [0.717, 1.165) is 106 Å². The fourth-order valence-electron chi connectivity index (χ4n) is 9.17. The first-order valence-corrected chi connectivity index (χ1v) is 24.5. The number of aliphatic hydroxyl groups excluding tert-OH is 1. The van der Waals surface area contributed by atoms with Gasteiger partial charge in [-0.3, -0.25) is 9.59 Å². The van der Waals surface area contributed by atoms with E-state index in [1.165, 1.54) is 11.1 Å². The average Bonchev–Trinajstić information content (AvgIpc) is 3.35. The van der Waals surface area contributed by atoms with E-state index in [1.54, 1.807) is 23.6 Å². The summed E-state index contributed by atoms with van der Waals surface area (Å²) >= 11 is 0. The number of aromatic nitrogens is 2. The molecule has 0 radical (unpaired) electrons. The van der Waals surface area contributed by atoms with Crippen LogP contribution in [0.4, 0.5) is 11.6 Å². The van der Waals surface area contributed by atoms with Crippen LogP contribution in [0.5, 0.6) is 0 Å². The lowest BCUT2D eigenvalue weighted by Crippen LogP contribution is -2.56. The number of fused-ring (bicyclic) bond motifs is 2. The molecular weight excluding hydrogens is 857 g/mol. The van der Waals surface area contributed by atoms with Crippen LogP contribution in [0, 0.1) is 0 Å². The molecule has 2 fully saturated rings. The van der Waals surface area contributed by atoms with Gasteiger partial charge in [0.15, 0.2) is 12.2 Å². The van der Waals surface area contributed by atoms with Crippen molar-refractivity contribution < 1.29 is 48.7 Å². The number of ether oxygens (including phenoxy) is 3. The molecule has 7 rings (SSSR count). The Balaban J connectivity index is 0.000000226. The maximum Gasteiger partial charge on any atom is 0.338 e. The van der Waals surface area contributed by atoms with Gasteiger partial charge in [0.05, 0.1) is 19.8 Å². The highest BCUT2D eigenvalue weighted by molar-refractivity contribution is 5.78. The first-order valence-electron chi connectivity index (χ1n) is 24.5. The number of benzene rings is 1. The van der Waals surface area contributed by atoms with Gasteiger partial charge >= 0.3 is 11.9 Å². The lowest BCUT2D eigenvalue weighted by molar-refractivity contribution is -0.187. The molecule has 67 heavy (non-hydrogen) atoms. The normalized spacial score (nSPS) is 18.0. The molecule has 0 saturated carbocycles. The van der Waals surface area contributed by atoms with Crippen molar-refractivity contribution in [1.82, 2.24) is 19.8 Å². The molecular formula is C51H72N6O10. The number of aliphatic hydroxyl groups is 3. The van der Waals surface area contributed by atoms with Crippen LogP contribution in [0.3, 0.4) is 0 Å². The molecule has 4 aliphatic heterocycles. The molecule has 5 N–H and O–H groups in total. The van der Waals surface area contributed by atoms with Gasteiger partial charge in [-0.15, -0.1) is 0 Å². The van der Waals surface area contributed by atoms with Crippen LogP contribution in [0.2, 0.25) is 0 Å². The third-order valence-electron chi connectivity index (χ3n) is 13.3. The highest BCUT2D eigenvalue weighted by Crippen LogP contribution is 2.31. The van der Waals surface area contributed by atoms with Gasteiger partial charge in [-0.25, -0.2) is 19.6 Å². The second-order valence-corrected chi connectivity index (χ2v) is 18.1. The van der Waals surface area contributed by atoms with Crippen LogP contribution in [0.15, 0.2) is 54.6 Å². The summed E-state index contributed by atoms with van der Waals surface area (Å²) in [4.78, 5) is 62.6. The minimum absolute atomic E-state index is 0.0442. The SMILES string of the molecule is CCOC(=O)C(O)C1(O)CCN(C(=O)CCCCc2ccc3c(n2)NCCC3)CC1.CCOC(=O)C(OCc1ccccc1)C1(O)CCN(C(=O)CCCCc2ccc3c(n2)NCCC3)CC1. The van der Waals surface area contributed by atoms with Crippen molar-refractivity contribution >= 4 is 35.4 Å². The fourth-order valence-corrected chi connectivity index (χ4v) is 9.17. The quantitative estimate of drug-likeness (QED) is 0.0784. The van der Waals surface area contributed by atoms with Gasteiger partial charge in [-0.05, 0) is 133 Å². The number of esters is 2. The maximum atomic E-state index is 12.8. The molecule has 6 heterocycles. The van der Waals surface area contributed by atoms with Crippen molar-refractivity contribution in [3.05, 3.63) is 82.7 Å². The van der Waals surface area contributed by atoms with E-state index < -0.39 is 35.3 Å². The van der Waals surface area contributed by atoms with E-state index in [2.05, 4.69) is 39.9 Å². The molecule has 0 spiro atoms. The van der Waals surface area contributed by atoms with Gasteiger partial charge in [-0.1, -0.05) is 42.5 Å². The van der Waals surface area contributed by atoms with Crippen LogP contribution in [0.1, 0.15) is 119 Å². The Hall–Kier alpha value is -5.16. The average molecular weight is 929 g/mol. The largest absolute Gasteiger partial charge is 0.464 e. The number of amides is 2. The maximum absolute atomic E-state index is 12.8. The first kappa shape index (κ1) is 51.2. The van der Waals surface area contributed by atoms with E-state index in [0.29, 0.717) is 39.0 Å². The number of hydrogen-bond acceptors (Lipinski definition) is 14. The molecule has 16 nitrogen and oxygen atoms in total. The van der Waals surface area contributed by atoms with Crippen molar-refractivity contribution in [1.29, 1.82) is 0 Å². The molecule has 4 aliphatic rings. The summed E-state index contributed by atoms with van der Waals surface area (Å²) < 4.78 is 15.9. The molecule has 366 valence electrons. The van der Waals surface area contributed by atoms with Gasteiger partial charge in [0, 0.05) is 63.5 Å². The number of hydrogen-bond donors (Lipinski definition) is 5. The molecule has 3 aromatic rings. The number of pyridine rings is 2. The highest BCUT2D eigenvalue weighted by atomic mass is 16.6. The number of piperidine rings is 2. The molecule has 0 bridgehead atoms. The van der Waals surface area contributed by atoms with Crippen LogP contribution < -0.4 is 10.6 Å².